The number of ketones is 1. The molecule has 210 valence electrons. The van der Waals surface area contributed by atoms with Crippen molar-refractivity contribution in [2.24, 2.45) is 46.3 Å². The molecule has 0 aromatic carbocycles. The van der Waals surface area contributed by atoms with Crippen LogP contribution in [-0.2, 0) is 28.6 Å². The van der Waals surface area contributed by atoms with Gasteiger partial charge < -0.3 is 29.5 Å². The number of fused-ring (bicyclic) bond motifs is 1. The van der Waals surface area contributed by atoms with Crippen molar-refractivity contribution in [1.82, 2.24) is 0 Å². The lowest BCUT2D eigenvalue weighted by atomic mass is 9.38. The number of aliphatic hydroxyl groups is 3. The van der Waals surface area contributed by atoms with Crippen LogP contribution in [0.25, 0.3) is 0 Å². The van der Waals surface area contributed by atoms with E-state index in [9.17, 15) is 29.7 Å². The first-order valence-electron chi connectivity index (χ1n) is 13.7. The van der Waals surface area contributed by atoms with Gasteiger partial charge in [-0.3, -0.25) is 4.79 Å². The van der Waals surface area contributed by atoms with Gasteiger partial charge in [-0.2, -0.15) is 0 Å². The predicted octanol–water partition coefficient (Wildman–Crippen LogP) is 1.93. The number of hydrogen-bond acceptors (Lipinski definition) is 9. The van der Waals surface area contributed by atoms with Crippen molar-refractivity contribution in [1.29, 1.82) is 0 Å². The Hall–Kier alpha value is -2.07. The van der Waals surface area contributed by atoms with Gasteiger partial charge in [0.2, 0.25) is 6.10 Å². The van der Waals surface area contributed by atoms with Crippen LogP contribution in [0, 0.1) is 46.3 Å². The highest BCUT2D eigenvalue weighted by atomic mass is 16.7. The minimum atomic E-state index is -2.08. The minimum Gasteiger partial charge on any atom is -0.459 e. The van der Waals surface area contributed by atoms with Crippen LogP contribution in [0.2, 0.25) is 0 Å². The zero-order valence-electron chi connectivity index (χ0n) is 23.1. The summed E-state index contributed by atoms with van der Waals surface area (Å²) in [7, 11) is 0. The van der Waals surface area contributed by atoms with Crippen molar-refractivity contribution in [3.8, 4) is 0 Å². The van der Waals surface area contributed by atoms with E-state index in [-0.39, 0.29) is 18.4 Å². The van der Waals surface area contributed by atoms with Gasteiger partial charge in [-0.1, -0.05) is 52.7 Å². The van der Waals surface area contributed by atoms with Gasteiger partial charge in [-0.25, -0.2) is 9.59 Å². The van der Waals surface area contributed by atoms with Crippen molar-refractivity contribution in [3.05, 3.63) is 23.3 Å². The highest BCUT2D eigenvalue weighted by molar-refractivity contribution is 5.96. The molecule has 1 spiro atoms. The maximum absolute atomic E-state index is 13.5. The van der Waals surface area contributed by atoms with E-state index in [4.69, 9.17) is 14.2 Å². The van der Waals surface area contributed by atoms with Crippen LogP contribution in [0.4, 0.5) is 0 Å². The molecule has 5 aliphatic rings. The van der Waals surface area contributed by atoms with Gasteiger partial charge in [-0.05, 0) is 43.1 Å². The number of carbonyl (C=O) groups excluding carboxylic acids is 3. The van der Waals surface area contributed by atoms with Crippen LogP contribution in [0.5, 0.6) is 0 Å². The van der Waals surface area contributed by atoms with Gasteiger partial charge >= 0.3 is 11.9 Å². The second kappa shape index (κ2) is 8.71. The number of ether oxygens (including phenoxy) is 3. The molecule has 9 heteroatoms. The molecule has 0 aromatic heterocycles. The standard InChI is InChI=1S/C29H40O9/c1-12(2)16(13(3)4)9-20(31)38-22-21-15(6)23(32)29(35)26-27(7)17(14(5)8-18(30)24(27)33)10-19(37-25(22)34)28(21,26)11-36-29/h8-9,12-13,15,17,19,21-24,26,32-33,35H,10-11H2,1-7H3/t15-,17+,19-,21-,22-,23-,24-,26-,27-,28+,29-/m1/s1. The van der Waals surface area contributed by atoms with E-state index in [1.54, 1.807) is 20.8 Å². The summed E-state index contributed by atoms with van der Waals surface area (Å²) in [6, 6.07) is 0. The second-order valence-electron chi connectivity index (χ2n) is 13.0. The average molecular weight is 533 g/mol. The minimum absolute atomic E-state index is 0.0721. The number of carbonyl (C=O) groups is 3. The Morgan fingerprint density at radius 3 is 2.42 bits per heavy atom. The largest absolute Gasteiger partial charge is 0.459 e. The summed E-state index contributed by atoms with van der Waals surface area (Å²) in [6.07, 6.45) is -1.83. The number of hydrogen-bond donors (Lipinski definition) is 3. The highest BCUT2D eigenvalue weighted by Gasteiger charge is 2.83. The molecule has 11 atom stereocenters. The summed E-state index contributed by atoms with van der Waals surface area (Å²) >= 11 is 0. The maximum atomic E-state index is 13.5. The van der Waals surface area contributed by atoms with Gasteiger partial charge in [-0.15, -0.1) is 0 Å². The summed E-state index contributed by atoms with van der Waals surface area (Å²) in [4.78, 5) is 39.5. The number of aliphatic hydroxyl groups excluding tert-OH is 2. The summed E-state index contributed by atoms with van der Waals surface area (Å²) < 4.78 is 17.8. The molecule has 2 bridgehead atoms. The quantitative estimate of drug-likeness (QED) is 0.366. The van der Waals surface area contributed by atoms with Crippen molar-refractivity contribution in [3.63, 3.8) is 0 Å². The Bertz CT molecular complexity index is 1110. The first-order valence-corrected chi connectivity index (χ1v) is 13.7. The van der Waals surface area contributed by atoms with E-state index in [0.717, 1.165) is 11.1 Å². The van der Waals surface area contributed by atoms with E-state index >= 15 is 0 Å². The molecular weight excluding hydrogens is 492 g/mol. The molecule has 2 heterocycles. The monoisotopic (exact) mass is 532 g/mol. The number of allylic oxidation sites excluding steroid dienone is 2. The van der Waals surface area contributed by atoms with Gasteiger partial charge in [0.1, 0.15) is 18.3 Å². The normalized spacial score (nSPS) is 47.2. The molecule has 0 unspecified atom stereocenters. The molecule has 3 N–H and O–H groups in total. The fraction of sp³-hybridized carbons (Fsp3) is 0.759. The van der Waals surface area contributed by atoms with Crippen LogP contribution < -0.4 is 0 Å². The third-order valence-electron chi connectivity index (χ3n) is 10.5. The fourth-order valence-electron chi connectivity index (χ4n) is 9.03. The number of rotatable bonds is 4. The summed E-state index contributed by atoms with van der Waals surface area (Å²) in [5, 5.41) is 34.7. The van der Waals surface area contributed by atoms with Crippen LogP contribution in [-0.4, -0.2) is 69.9 Å². The molecule has 4 fully saturated rings. The topological polar surface area (TPSA) is 140 Å². The summed E-state index contributed by atoms with van der Waals surface area (Å²) in [5.41, 5.74) is -0.700. The van der Waals surface area contributed by atoms with Crippen molar-refractivity contribution in [2.45, 2.75) is 85.1 Å². The van der Waals surface area contributed by atoms with Crippen LogP contribution in [0.1, 0.15) is 54.9 Å². The van der Waals surface area contributed by atoms with Gasteiger partial charge in [0, 0.05) is 28.7 Å². The third-order valence-corrected chi connectivity index (χ3v) is 10.5. The van der Waals surface area contributed by atoms with Crippen molar-refractivity contribution < 1.29 is 43.9 Å². The van der Waals surface area contributed by atoms with Gasteiger partial charge in [0.05, 0.1) is 6.61 Å². The smallest absolute Gasteiger partial charge is 0.348 e. The molecule has 9 nitrogen and oxygen atoms in total. The SMILES string of the molecule is CC1=CC(=O)[C@@H](O)[C@]2(C)[C@H]3[C@]4(O)OC[C@]35[C@H]([C@@H](C)[C@H]4O)[C@@H](OC(=O)C=C(C(C)C)C(C)C)C(=O)O[C@@H]5C[C@@H]12. The van der Waals surface area contributed by atoms with Crippen molar-refractivity contribution >= 4 is 17.7 Å². The van der Waals surface area contributed by atoms with Gasteiger partial charge in [0.15, 0.2) is 11.6 Å². The van der Waals surface area contributed by atoms with E-state index in [1.807, 2.05) is 27.7 Å². The number of esters is 2. The lowest BCUT2D eigenvalue weighted by molar-refractivity contribution is -0.339. The predicted molar refractivity (Wildman–Crippen MR) is 134 cm³/mol. The molecule has 0 radical (unpaired) electrons. The summed E-state index contributed by atoms with van der Waals surface area (Å²) in [6.45, 7) is 13.1. The average Bonchev–Trinajstić information content (AvgIpc) is 3.12. The highest BCUT2D eigenvalue weighted by Crippen LogP contribution is 2.73. The Kier molecular flexibility index (Phi) is 6.31. The molecule has 38 heavy (non-hydrogen) atoms. The van der Waals surface area contributed by atoms with Gasteiger partial charge in [0.25, 0.3) is 0 Å². The van der Waals surface area contributed by atoms with E-state index in [2.05, 4.69) is 0 Å². The fourth-order valence-corrected chi connectivity index (χ4v) is 9.03. The van der Waals surface area contributed by atoms with Crippen molar-refractivity contribution in [2.75, 3.05) is 6.61 Å². The zero-order chi connectivity index (χ0) is 28.1. The summed E-state index contributed by atoms with van der Waals surface area (Å²) in [5.74, 6) is -6.57. The van der Waals surface area contributed by atoms with E-state index in [0.29, 0.717) is 6.42 Å². The maximum Gasteiger partial charge on any atom is 0.348 e. The first-order chi connectivity index (χ1) is 17.6. The lowest BCUT2D eigenvalue weighted by Crippen LogP contribution is -2.78. The first kappa shape index (κ1) is 27.5. The van der Waals surface area contributed by atoms with Crippen LogP contribution in [0.15, 0.2) is 23.3 Å². The molecule has 2 saturated carbocycles. The van der Waals surface area contributed by atoms with Crippen LogP contribution in [0.3, 0.4) is 0 Å². The third kappa shape index (κ3) is 3.34. The molecular formula is C29H40O9. The molecule has 2 saturated heterocycles. The molecule has 2 aliphatic heterocycles. The van der Waals surface area contributed by atoms with E-state index < -0.39 is 82.4 Å². The Morgan fingerprint density at radius 2 is 1.82 bits per heavy atom. The Labute approximate surface area is 223 Å². The van der Waals surface area contributed by atoms with E-state index in [1.165, 1.54) is 12.2 Å². The van der Waals surface area contributed by atoms with Crippen LogP contribution >= 0.6 is 0 Å². The molecule has 5 rings (SSSR count). The second-order valence-corrected chi connectivity index (χ2v) is 13.0. The molecule has 0 amide bonds. The molecule has 3 aliphatic carbocycles. The Morgan fingerprint density at radius 1 is 1.18 bits per heavy atom. The Balaban J connectivity index is 1.63. The zero-order valence-corrected chi connectivity index (χ0v) is 23.1. The molecule has 0 aromatic rings. The lowest BCUT2D eigenvalue weighted by Gasteiger charge is -2.68.